The predicted octanol–water partition coefficient (Wildman–Crippen LogP) is 3.04. The maximum Gasteiger partial charge on any atom is 0.278 e. The van der Waals surface area contributed by atoms with Gasteiger partial charge < -0.3 is 4.90 Å². The molecule has 1 aliphatic rings. The van der Waals surface area contributed by atoms with Gasteiger partial charge in [-0.05, 0) is 31.9 Å². The summed E-state index contributed by atoms with van der Waals surface area (Å²) in [7, 11) is 0. The van der Waals surface area contributed by atoms with Gasteiger partial charge in [0, 0.05) is 17.1 Å². The van der Waals surface area contributed by atoms with Crippen molar-refractivity contribution in [2.75, 3.05) is 4.90 Å². The molecule has 92 valence electrons. The number of aryl methyl sites for hydroxylation is 1. The van der Waals surface area contributed by atoms with E-state index < -0.39 is 0 Å². The average Bonchev–Trinajstić information content (AvgIpc) is 2.91. The van der Waals surface area contributed by atoms with E-state index in [1.807, 2.05) is 35.4 Å². The lowest BCUT2D eigenvalue weighted by Gasteiger charge is -2.21. The highest BCUT2D eigenvalue weighted by Gasteiger charge is 2.32. The van der Waals surface area contributed by atoms with Gasteiger partial charge in [-0.1, -0.05) is 18.2 Å². The largest absolute Gasteiger partial charge is 0.304 e. The number of hydrogen-bond acceptors (Lipinski definition) is 3. The summed E-state index contributed by atoms with van der Waals surface area (Å²) in [6.07, 6.45) is 0.922. The molecule has 2 aromatic rings. The summed E-state index contributed by atoms with van der Waals surface area (Å²) in [5, 5.41) is 2.77. The van der Waals surface area contributed by atoms with Gasteiger partial charge in [0.15, 0.2) is 0 Å². The molecule has 1 amide bonds. The summed E-state index contributed by atoms with van der Waals surface area (Å²) in [5.74, 6) is 0.0109. The van der Waals surface area contributed by atoms with Crippen molar-refractivity contribution in [1.29, 1.82) is 0 Å². The minimum atomic E-state index is 0.0109. The van der Waals surface area contributed by atoms with E-state index in [1.54, 1.807) is 0 Å². The van der Waals surface area contributed by atoms with E-state index in [-0.39, 0.29) is 11.9 Å². The lowest BCUT2D eigenvalue weighted by molar-refractivity contribution is 0.0977. The molecule has 0 spiro atoms. The summed E-state index contributed by atoms with van der Waals surface area (Å²) in [4.78, 5) is 18.7. The highest BCUT2D eigenvalue weighted by Crippen LogP contribution is 2.33. The van der Waals surface area contributed by atoms with Gasteiger partial charge in [-0.25, -0.2) is 4.98 Å². The van der Waals surface area contributed by atoms with E-state index in [4.69, 9.17) is 0 Å². The highest BCUT2D eigenvalue weighted by atomic mass is 32.1. The molecule has 0 saturated carbocycles. The van der Waals surface area contributed by atoms with Crippen LogP contribution in [-0.4, -0.2) is 16.9 Å². The first-order valence-corrected chi connectivity index (χ1v) is 6.88. The van der Waals surface area contributed by atoms with Crippen molar-refractivity contribution in [3.63, 3.8) is 0 Å². The lowest BCUT2D eigenvalue weighted by atomic mass is 10.1. The maximum atomic E-state index is 12.5. The van der Waals surface area contributed by atoms with Crippen LogP contribution in [-0.2, 0) is 6.42 Å². The van der Waals surface area contributed by atoms with Crippen LogP contribution in [0.4, 0.5) is 5.69 Å². The second kappa shape index (κ2) is 4.21. The molecule has 0 fully saturated rings. The zero-order valence-electron chi connectivity index (χ0n) is 10.4. The Morgan fingerprint density at radius 1 is 1.44 bits per heavy atom. The number of amides is 1. The maximum absolute atomic E-state index is 12.5. The minimum absolute atomic E-state index is 0.0109. The van der Waals surface area contributed by atoms with Gasteiger partial charge in [0.25, 0.3) is 5.91 Å². The van der Waals surface area contributed by atoms with Gasteiger partial charge in [0.1, 0.15) is 5.69 Å². The molecule has 1 unspecified atom stereocenters. The monoisotopic (exact) mass is 258 g/mol. The van der Waals surface area contributed by atoms with Crippen LogP contribution in [0.3, 0.4) is 0 Å². The molecule has 3 nitrogen and oxygen atoms in total. The zero-order chi connectivity index (χ0) is 12.7. The molecular formula is C14H14N2OS. The van der Waals surface area contributed by atoms with Crippen LogP contribution >= 0.6 is 11.3 Å². The van der Waals surface area contributed by atoms with E-state index in [1.165, 1.54) is 16.9 Å². The summed E-state index contributed by atoms with van der Waals surface area (Å²) in [6.45, 7) is 4.00. The Hall–Kier alpha value is -1.68. The lowest BCUT2D eigenvalue weighted by Crippen LogP contribution is -2.35. The Bertz CT molecular complexity index is 605. The summed E-state index contributed by atoms with van der Waals surface area (Å²) in [5.41, 5.74) is 2.83. The number of hydrogen-bond donors (Lipinski definition) is 0. The number of para-hydroxylation sites is 1. The predicted molar refractivity (Wildman–Crippen MR) is 73.3 cm³/mol. The van der Waals surface area contributed by atoms with Crippen molar-refractivity contribution in [3.05, 3.63) is 45.9 Å². The molecule has 2 heterocycles. The standard InChI is InChI=1S/C14H14N2OS/c1-9-7-11-5-3-4-6-13(11)16(9)14(17)12-8-18-10(2)15-12/h3-6,8-9H,7H2,1-2H3. The van der Waals surface area contributed by atoms with Crippen LogP contribution in [0.25, 0.3) is 0 Å². The first-order valence-electron chi connectivity index (χ1n) is 6.00. The second-order valence-electron chi connectivity index (χ2n) is 4.61. The SMILES string of the molecule is Cc1nc(C(=O)N2c3ccccc3CC2C)cs1. The van der Waals surface area contributed by atoms with Crippen molar-refractivity contribution >= 4 is 22.9 Å². The molecule has 1 aliphatic heterocycles. The normalized spacial score (nSPS) is 17.9. The average molecular weight is 258 g/mol. The molecule has 4 heteroatoms. The van der Waals surface area contributed by atoms with Crippen molar-refractivity contribution < 1.29 is 4.79 Å². The Morgan fingerprint density at radius 3 is 2.94 bits per heavy atom. The smallest absolute Gasteiger partial charge is 0.278 e. The van der Waals surface area contributed by atoms with Crippen molar-refractivity contribution in [3.8, 4) is 0 Å². The van der Waals surface area contributed by atoms with E-state index >= 15 is 0 Å². The van der Waals surface area contributed by atoms with E-state index in [2.05, 4.69) is 18.0 Å². The number of aromatic nitrogens is 1. The number of nitrogens with zero attached hydrogens (tertiary/aromatic N) is 2. The fourth-order valence-corrected chi connectivity index (χ4v) is 3.05. The van der Waals surface area contributed by atoms with Gasteiger partial charge in [0.05, 0.1) is 5.01 Å². The number of rotatable bonds is 1. The molecule has 0 saturated heterocycles. The topological polar surface area (TPSA) is 33.2 Å². The number of carbonyl (C=O) groups is 1. The second-order valence-corrected chi connectivity index (χ2v) is 5.67. The quantitative estimate of drug-likeness (QED) is 0.787. The van der Waals surface area contributed by atoms with E-state index in [0.717, 1.165) is 17.1 Å². The van der Waals surface area contributed by atoms with Crippen molar-refractivity contribution in [1.82, 2.24) is 4.98 Å². The van der Waals surface area contributed by atoms with Crippen LogP contribution in [0.15, 0.2) is 29.6 Å². The fourth-order valence-electron chi connectivity index (χ4n) is 2.46. The molecule has 1 aromatic heterocycles. The Kier molecular flexibility index (Phi) is 2.67. The van der Waals surface area contributed by atoms with Crippen molar-refractivity contribution in [2.45, 2.75) is 26.3 Å². The van der Waals surface area contributed by atoms with Crippen LogP contribution in [0.2, 0.25) is 0 Å². The summed E-state index contributed by atoms with van der Waals surface area (Å²) < 4.78 is 0. The van der Waals surface area contributed by atoms with Gasteiger partial charge in [-0.15, -0.1) is 11.3 Å². The molecule has 1 aromatic carbocycles. The summed E-state index contributed by atoms with van der Waals surface area (Å²) in [6, 6.07) is 8.30. The highest BCUT2D eigenvalue weighted by molar-refractivity contribution is 7.09. The first kappa shape index (κ1) is 11.4. The molecule has 3 rings (SSSR count). The number of thiazole rings is 1. The molecule has 0 N–H and O–H groups in total. The van der Waals surface area contributed by atoms with Gasteiger partial charge in [-0.2, -0.15) is 0 Å². The molecule has 0 radical (unpaired) electrons. The Labute approximate surface area is 110 Å². The van der Waals surface area contributed by atoms with Gasteiger partial charge in [0.2, 0.25) is 0 Å². The van der Waals surface area contributed by atoms with E-state index in [9.17, 15) is 4.79 Å². The fraction of sp³-hybridized carbons (Fsp3) is 0.286. The molecule has 0 bridgehead atoms. The van der Waals surface area contributed by atoms with Gasteiger partial charge in [-0.3, -0.25) is 4.79 Å². The van der Waals surface area contributed by atoms with E-state index in [0.29, 0.717) is 5.69 Å². The molecular weight excluding hydrogens is 244 g/mol. The Balaban J connectivity index is 2.00. The number of fused-ring (bicyclic) bond motifs is 1. The van der Waals surface area contributed by atoms with Crippen LogP contribution in [0.1, 0.15) is 28.0 Å². The third-order valence-electron chi connectivity index (χ3n) is 3.26. The van der Waals surface area contributed by atoms with Crippen molar-refractivity contribution in [2.24, 2.45) is 0 Å². The van der Waals surface area contributed by atoms with Crippen LogP contribution in [0.5, 0.6) is 0 Å². The zero-order valence-corrected chi connectivity index (χ0v) is 11.2. The van der Waals surface area contributed by atoms with Crippen LogP contribution in [0, 0.1) is 6.92 Å². The van der Waals surface area contributed by atoms with Crippen LogP contribution < -0.4 is 4.90 Å². The Morgan fingerprint density at radius 2 is 2.22 bits per heavy atom. The first-order chi connectivity index (χ1) is 8.66. The number of carbonyl (C=O) groups excluding carboxylic acids is 1. The third-order valence-corrected chi connectivity index (χ3v) is 4.04. The number of anilines is 1. The molecule has 0 aliphatic carbocycles. The summed E-state index contributed by atoms with van der Waals surface area (Å²) >= 11 is 1.52. The third kappa shape index (κ3) is 1.73. The van der Waals surface area contributed by atoms with Gasteiger partial charge >= 0.3 is 0 Å². The minimum Gasteiger partial charge on any atom is -0.304 e. The molecule has 1 atom stereocenters. The number of benzene rings is 1. The molecule has 18 heavy (non-hydrogen) atoms.